The van der Waals surface area contributed by atoms with Crippen LogP contribution >= 0.6 is 0 Å². The van der Waals surface area contributed by atoms with Crippen molar-refractivity contribution in [3.05, 3.63) is 54.4 Å². The van der Waals surface area contributed by atoms with Crippen LogP contribution in [0.1, 0.15) is 46.1 Å². The topological polar surface area (TPSA) is 64.3 Å². The van der Waals surface area contributed by atoms with E-state index < -0.39 is 5.60 Å². The lowest BCUT2D eigenvalue weighted by Gasteiger charge is -2.49. The van der Waals surface area contributed by atoms with E-state index in [0.29, 0.717) is 30.8 Å². The number of hydrogen-bond acceptors (Lipinski definition) is 6. The Balaban J connectivity index is 1.14. The van der Waals surface area contributed by atoms with Crippen molar-refractivity contribution in [3.63, 3.8) is 0 Å². The van der Waals surface area contributed by atoms with Gasteiger partial charge in [-0.3, -0.25) is 14.6 Å². The van der Waals surface area contributed by atoms with Crippen LogP contribution in [0.15, 0.2) is 48.8 Å². The lowest BCUT2D eigenvalue weighted by molar-refractivity contribution is -0.131. The summed E-state index contributed by atoms with van der Waals surface area (Å²) in [4.78, 5) is 20.0. The zero-order chi connectivity index (χ0) is 26.6. The third-order valence-electron chi connectivity index (χ3n) is 9.29. The molecule has 2 saturated heterocycles. The Morgan fingerprint density at radius 3 is 2.29 bits per heavy atom. The molecule has 1 saturated carbocycles. The summed E-state index contributed by atoms with van der Waals surface area (Å²) in [6, 6.07) is 13.1. The van der Waals surface area contributed by atoms with Gasteiger partial charge in [-0.05, 0) is 62.8 Å². The molecule has 202 valence electrons. The van der Waals surface area contributed by atoms with Crippen LogP contribution in [0.5, 0.6) is 0 Å². The number of anilines is 1. The van der Waals surface area contributed by atoms with Crippen molar-refractivity contribution >= 4 is 17.0 Å². The number of nitrogens with zero attached hydrogens (tertiary/aromatic N) is 5. The number of carbonyl (C=O) groups is 1. The monoisotopic (exact) mass is 515 g/mol. The maximum absolute atomic E-state index is 12.9. The lowest BCUT2D eigenvalue weighted by Crippen LogP contribution is -2.61. The van der Waals surface area contributed by atoms with Gasteiger partial charge in [0.05, 0.1) is 17.2 Å². The molecule has 6 rings (SSSR count). The van der Waals surface area contributed by atoms with Crippen LogP contribution in [0.25, 0.3) is 16.6 Å². The molecule has 3 fully saturated rings. The van der Waals surface area contributed by atoms with E-state index in [4.69, 9.17) is 0 Å². The Morgan fingerprint density at radius 1 is 0.974 bits per heavy atom. The first-order chi connectivity index (χ1) is 18.2. The van der Waals surface area contributed by atoms with Gasteiger partial charge in [0.2, 0.25) is 0 Å². The van der Waals surface area contributed by atoms with Gasteiger partial charge in [-0.15, -0.1) is 0 Å². The molecule has 0 spiro atoms. The molecule has 7 nitrogen and oxygen atoms in total. The number of piperazine rings is 1. The number of aliphatic hydroxyl groups is 1. The molecule has 1 aliphatic carbocycles. The van der Waals surface area contributed by atoms with Gasteiger partial charge in [-0.25, -0.2) is 4.52 Å². The highest BCUT2D eigenvalue weighted by molar-refractivity contribution is 5.86. The van der Waals surface area contributed by atoms with Crippen LogP contribution in [-0.2, 0) is 10.4 Å². The summed E-state index contributed by atoms with van der Waals surface area (Å²) in [5.74, 6) is 1.42. The minimum Gasteiger partial charge on any atom is -0.382 e. The Bertz CT molecular complexity index is 1300. The van der Waals surface area contributed by atoms with Gasteiger partial charge in [0, 0.05) is 69.2 Å². The van der Waals surface area contributed by atoms with Crippen molar-refractivity contribution in [2.24, 2.45) is 11.8 Å². The van der Waals surface area contributed by atoms with Gasteiger partial charge in [-0.1, -0.05) is 31.2 Å². The third-order valence-corrected chi connectivity index (χ3v) is 9.29. The number of fused-ring (bicyclic) bond motifs is 1. The summed E-state index contributed by atoms with van der Waals surface area (Å²) in [5, 5.41) is 15.6. The molecule has 2 aromatic heterocycles. The Hall–Kier alpha value is -2.74. The number of benzene rings is 1. The first kappa shape index (κ1) is 25.5. The van der Waals surface area contributed by atoms with Gasteiger partial charge in [0.15, 0.2) is 5.78 Å². The molecule has 0 amide bonds. The van der Waals surface area contributed by atoms with E-state index in [9.17, 15) is 9.90 Å². The fraction of sp³-hybridized carbons (Fsp3) is 0.548. The molecule has 0 bridgehead atoms. The van der Waals surface area contributed by atoms with Crippen LogP contribution < -0.4 is 4.90 Å². The highest BCUT2D eigenvalue weighted by Crippen LogP contribution is 2.36. The summed E-state index contributed by atoms with van der Waals surface area (Å²) in [7, 11) is 0. The van der Waals surface area contributed by atoms with Crippen molar-refractivity contribution in [1.29, 1.82) is 0 Å². The van der Waals surface area contributed by atoms with Crippen molar-refractivity contribution in [2.45, 2.75) is 58.2 Å². The van der Waals surface area contributed by atoms with Crippen molar-refractivity contribution < 1.29 is 9.90 Å². The molecule has 7 heteroatoms. The second kappa shape index (κ2) is 9.78. The van der Waals surface area contributed by atoms with Crippen molar-refractivity contribution in [1.82, 2.24) is 19.4 Å². The number of aromatic nitrogens is 2. The van der Waals surface area contributed by atoms with Crippen LogP contribution in [-0.4, -0.2) is 81.7 Å². The summed E-state index contributed by atoms with van der Waals surface area (Å²) >= 11 is 0. The van der Waals surface area contributed by atoms with E-state index in [-0.39, 0.29) is 12.0 Å². The normalized spacial score (nSPS) is 24.8. The van der Waals surface area contributed by atoms with Crippen LogP contribution in [0, 0.1) is 11.8 Å². The molecule has 38 heavy (non-hydrogen) atoms. The van der Waals surface area contributed by atoms with E-state index in [1.807, 2.05) is 10.7 Å². The molecule has 1 N–H and O–H groups in total. The van der Waals surface area contributed by atoms with E-state index in [1.54, 1.807) is 0 Å². The molecule has 0 radical (unpaired) electrons. The number of carbonyl (C=O) groups excluding carboxylic acids is 1. The summed E-state index contributed by atoms with van der Waals surface area (Å²) in [6.07, 6.45) is 6.09. The Morgan fingerprint density at radius 2 is 1.66 bits per heavy atom. The predicted octanol–water partition coefficient (Wildman–Crippen LogP) is 4.04. The molecule has 3 aromatic rings. The highest BCUT2D eigenvalue weighted by Gasteiger charge is 2.43. The average Bonchev–Trinajstić information content (AvgIpc) is 3.33. The smallest absolute Gasteiger partial charge is 0.152 e. The van der Waals surface area contributed by atoms with Gasteiger partial charge < -0.3 is 10.0 Å². The minimum absolute atomic E-state index is 0.0152. The SMILES string of the molecule is CC1CC(C(=O)C(C)N2CCN(c3ccnn4cc(-c5ccc(C6(O)CN(C(C)C)C6)cc5)cc34)CC2)C1. The molecule has 3 aliphatic rings. The maximum atomic E-state index is 12.9. The molecule has 1 atom stereocenters. The van der Waals surface area contributed by atoms with Crippen molar-refractivity contribution in [2.75, 3.05) is 44.2 Å². The fourth-order valence-corrected chi connectivity index (χ4v) is 6.58. The summed E-state index contributed by atoms with van der Waals surface area (Å²) in [5.41, 5.74) is 4.76. The fourth-order valence-electron chi connectivity index (χ4n) is 6.58. The largest absolute Gasteiger partial charge is 0.382 e. The average molecular weight is 516 g/mol. The molecule has 2 aliphatic heterocycles. The molecule has 1 unspecified atom stereocenters. The van der Waals surface area contributed by atoms with E-state index in [2.05, 4.69) is 90.1 Å². The van der Waals surface area contributed by atoms with Gasteiger partial charge in [-0.2, -0.15) is 5.10 Å². The molecular formula is C31H41N5O2. The Kier molecular flexibility index (Phi) is 6.57. The summed E-state index contributed by atoms with van der Waals surface area (Å²) in [6.45, 7) is 13.7. The number of hydrogen-bond donors (Lipinski definition) is 1. The first-order valence-corrected chi connectivity index (χ1v) is 14.3. The zero-order valence-electron chi connectivity index (χ0n) is 23.2. The molecule has 1 aromatic carbocycles. The second-order valence-corrected chi connectivity index (χ2v) is 12.3. The number of likely N-dealkylation sites (tertiary alicyclic amines) is 1. The zero-order valence-corrected chi connectivity index (χ0v) is 23.2. The highest BCUT2D eigenvalue weighted by atomic mass is 16.3. The first-order valence-electron chi connectivity index (χ1n) is 14.3. The standard InChI is InChI=1S/C31H41N5O2/c1-21(2)35-19-31(38,20-35)27-7-5-24(6-8-27)26-17-29-28(9-10-32-36(29)18-26)34-13-11-33(12-14-34)23(4)30(37)25-15-22(3)16-25/h5-10,17-18,21-23,25,38H,11-16,19-20H2,1-4H3. The van der Waals surface area contributed by atoms with Gasteiger partial charge in [0.1, 0.15) is 5.60 Å². The van der Waals surface area contributed by atoms with Crippen LogP contribution in [0.2, 0.25) is 0 Å². The summed E-state index contributed by atoms with van der Waals surface area (Å²) < 4.78 is 1.97. The van der Waals surface area contributed by atoms with Crippen molar-refractivity contribution in [3.8, 4) is 11.1 Å². The van der Waals surface area contributed by atoms with Crippen LogP contribution in [0.4, 0.5) is 5.69 Å². The molecular weight excluding hydrogens is 474 g/mol. The van der Waals surface area contributed by atoms with Crippen LogP contribution in [0.3, 0.4) is 0 Å². The number of Topliss-reactive ketones (excluding diaryl/α,β-unsaturated/α-hetero) is 1. The number of β-amino-alcohol motifs (C(OH)–C–C–N with tert-alkyl or cyclic N) is 1. The predicted molar refractivity (Wildman–Crippen MR) is 151 cm³/mol. The Labute approximate surface area is 226 Å². The van der Waals surface area contributed by atoms with E-state index in [1.165, 1.54) is 5.69 Å². The minimum atomic E-state index is -0.746. The number of ketones is 1. The quantitative estimate of drug-likeness (QED) is 0.513. The molecule has 4 heterocycles. The van der Waals surface area contributed by atoms with Gasteiger partial charge in [0.25, 0.3) is 0 Å². The lowest BCUT2D eigenvalue weighted by atomic mass is 9.72. The third kappa shape index (κ3) is 4.55. The second-order valence-electron chi connectivity index (χ2n) is 12.3. The van der Waals surface area contributed by atoms with Gasteiger partial charge >= 0.3 is 0 Å². The number of rotatable bonds is 7. The maximum Gasteiger partial charge on any atom is 0.152 e. The van der Waals surface area contributed by atoms with E-state index >= 15 is 0 Å². The van der Waals surface area contributed by atoms with E-state index in [0.717, 1.165) is 61.2 Å².